The van der Waals surface area contributed by atoms with Gasteiger partial charge in [-0.15, -0.1) is 0 Å². The van der Waals surface area contributed by atoms with Crippen molar-refractivity contribution in [2.75, 3.05) is 13.2 Å². The van der Waals surface area contributed by atoms with E-state index >= 15 is 0 Å². The van der Waals surface area contributed by atoms with Gasteiger partial charge in [-0.05, 0) is 56.3 Å². The summed E-state index contributed by atoms with van der Waals surface area (Å²) in [5, 5.41) is 8.91. The summed E-state index contributed by atoms with van der Waals surface area (Å²) in [7, 11) is 0. The topological polar surface area (TPSA) is 23.5 Å². The summed E-state index contributed by atoms with van der Waals surface area (Å²) in [6.07, 6.45) is 4.40. The standard InChI is InChI=1S/C15H22FNO/c1-12-10-13(6-7-15(12)16)11-17-8-2-4-14(17)5-3-9-18/h6-7,10,14,18H,2-5,8-9,11H2,1H3. The third kappa shape index (κ3) is 3.30. The van der Waals surface area contributed by atoms with Crippen molar-refractivity contribution in [3.8, 4) is 0 Å². The fraction of sp³-hybridized carbons (Fsp3) is 0.600. The van der Waals surface area contributed by atoms with Gasteiger partial charge in [0, 0.05) is 19.2 Å². The number of aliphatic hydroxyl groups excluding tert-OH is 1. The Morgan fingerprint density at radius 2 is 2.28 bits per heavy atom. The molecule has 3 heteroatoms. The van der Waals surface area contributed by atoms with Gasteiger partial charge in [0.25, 0.3) is 0 Å². The van der Waals surface area contributed by atoms with Crippen molar-refractivity contribution in [3.05, 3.63) is 35.1 Å². The van der Waals surface area contributed by atoms with E-state index in [1.54, 1.807) is 6.07 Å². The van der Waals surface area contributed by atoms with Gasteiger partial charge in [0.05, 0.1) is 0 Å². The minimum absolute atomic E-state index is 0.128. The van der Waals surface area contributed by atoms with Crippen LogP contribution in [0.5, 0.6) is 0 Å². The second kappa shape index (κ2) is 6.30. The van der Waals surface area contributed by atoms with Crippen molar-refractivity contribution in [1.82, 2.24) is 4.90 Å². The zero-order valence-corrected chi connectivity index (χ0v) is 11.0. The second-order valence-electron chi connectivity index (χ2n) is 5.22. The summed E-state index contributed by atoms with van der Waals surface area (Å²) < 4.78 is 13.2. The molecule has 1 aliphatic heterocycles. The summed E-state index contributed by atoms with van der Waals surface area (Å²) >= 11 is 0. The first kappa shape index (κ1) is 13.5. The monoisotopic (exact) mass is 251 g/mol. The number of aliphatic hydroxyl groups is 1. The molecule has 2 nitrogen and oxygen atoms in total. The maximum Gasteiger partial charge on any atom is 0.126 e. The Morgan fingerprint density at radius 3 is 3.00 bits per heavy atom. The number of hydrogen-bond acceptors (Lipinski definition) is 2. The molecule has 1 saturated heterocycles. The van der Waals surface area contributed by atoms with E-state index in [1.165, 1.54) is 18.4 Å². The van der Waals surface area contributed by atoms with Crippen LogP contribution in [0.25, 0.3) is 0 Å². The minimum Gasteiger partial charge on any atom is -0.396 e. The molecule has 1 N–H and O–H groups in total. The highest BCUT2D eigenvalue weighted by Gasteiger charge is 2.23. The lowest BCUT2D eigenvalue weighted by atomic mass is 10.1. The average Bonchev–Trinajstić information content (AvgIpc) is 2.79. The number of benzene rings is 1. The van der Waals surface area contributed by atoms with Crippen LogP contribution < -0.4 is 0 Å². The van der Waals surface area contributed by atoms with Crippen LogP contribution >= 0.6 is 0 Å². The van der Waals surface area contributed by atoms with E-state index in [0.717, 1.165) is 31.5 Å². The van der Waals surface area contributed by atoms with Gasteiger partial charge in [0.1, 0.15) is 5.82 Å². The van der Waals surface area contributed by atoms with Crippen LogP contribution in [0.4, 0.5) is 4.39 Å². The van der Waals surface area contributed by atoms with E-state index in [9.17, 15) is 4.39 Å². The predicted octanol–water partition coefficient (Wildman–Crippen LogP) is 2.87. The molecule has 1 unspecified atom stereocenters. The molecule has 0 radical (unpaired) electrons. The van der Waals surface area contributed by atoms with E-state index in [0.29, 0.717) is 6.04 Å². The van der Waals surface area contributed by atoms with Crippen LogP contribution in [0, 0.1) is 12.7 Å². The fourth-order valence-corrected chi connectivity index (χ4v) is 2.80. The first-order valence-corrected chi connectivity index (χ1v) is 6.80. The Balaban J connectivity index is 1.96. The average molecular weight is 251 g/mol. The van der Waals surface area contributed by atoms with Gasteiger partial charge >= 0.3 is 0 Å². The molecule has 0 spiro atoms. The maximum atomic E-state index is 13.2. The third-order valence-electron chi connectivity index (χ3n) is 3.80. The van der Waals surface area contributed by atoms with Gasteiger partial charge in [-0.3, -0.25) is 4.90 Å². The molecule has 0 aliphatic carbocycles. The molecule has 18 heavy (non-hydrogen) atoms. The molecule has 2 rings (SSSR count). The van der Waals surface area contributed by atoms with Crippen LogP contribution in [0.15, 0.2) is 18.2 Å². The van der Waals surface area contributed by atoms with Crippen molar-refractivity contribution in [3.63, 3.8) is 0 Å². The highest BCUT2D eigenvalue weighted by molar-refractivity contribution is 5.24. The Bertz CT molecular complexity index is 394. The van der Waals surface area contributed by atoms with E-state index in [2.05, 4.69) is 4.90 Å². The van der Waals surface area contributed by atoms with Gasteiger partial charge in [-0.1, -0.05) is 12.1 Å². The van der Waals surface area contributed by atoms with Gasteiger partial charge in [-0.2, -0.15) is 0 Å². The number of rotatable bonds is 5. The molecule has 1 atom stereocenters. The van der Waals surface area contributed by atoms with E-state index in [4.69, 9.17) is 5.11 Å². The number of nitrogens with zero attached hydrogens (tertiary/aromatic N) is 1. The molecule has 1 heterocycles. The van der Waals surface area contributed by atoms with Crippen molar-refractivity contribution >= 4 is 0 Å². The lowest BCUT2D eigenvalue weighted by Crippen LogP contribution is -2.29. The normalized spacial score (nSPS) is 20.5. The Kier molecular flexibility index (Phi) is 4.72. The highest BCUT2D eigenvalue weighted by atomic mass is 19.1. The van der Waals surface area contributed by atoms with Gasteiger partial charge in [-0.25, -0.2) is 4.39 Å². The largest absolute Gasteiger partial charge is 0.396 e. The Labute approximate surface area is 108 Å². The number of likely N-dealkylation sites (tertiary alicyclic amines) is 1. The third-order valence-corrected chi connectivity index (χ3v) is 3.80. The van der Waals surface area contributed by atoms with E-state index < -0.39 is 0 Å². The zero-order chi connectivity index (χ0) is 13.0. The highest BCUT2D eigenvalue weighted by Crippen LogP contribution is 2.24. The fourth-order valence-electron chi connectivity index (χ4n) is 2.80. The van der Waals surface area contributed by atoms with Crippen LogP contribution in [0.3, 0.4) is 0 Å². The van der Waals surface area contributed by atoms with Crippen molar-refractivity contribution in [2.24, 2.45) is 0 Å². The summed E-state index contributed by atoms with van der Waals surface area (Å²) in [6, 6.07) is 5.96. The smallest absolute Gasteiger partial charge is 0.126 e. The molecule has 1 aliphatic rings. The molecule has 0 bridgehead atoms. The van der Waals surface area contributed by atoms with E-state index in [1.807, 2.05) is 19.1 Å². The zero-order valence-electron chi connectivity index (χ0n) is 11.0. The molecule has 0 amide bonds. The first-order chi connectivity index (χ1) is 8.70. The van der Waals surface area contributed by atoms with Crippen molar-refractivity contribution < 1.29 is 9.50 Å². The van der Waals surface area contributed by atoms with Crippen molar-refractivity contribution in [2.45, 2.75) is 45.2 Å². The Hall–Kier alpha value is -0.930. The summed E-state index contributed by atoms with van der Waals surface area (Å²) in [5.41, 5.74) is 1.91. The van der Waals surface area contributed by atoms with Crippen LogP contribution in [-0.2, 0) is 6.54 Å². The molecule has 1 aromatic rings. The molecular weight excluding hydrogens is 229 g/mol. The lowest BCUT2D eigenvalue weighted by molar-refractivity contribution is 0.210. The molecule has 0 saturated carbocycles. The first-order valence-electron chi connectivity index (χ1n) is 6.80. The minimum atomic E-state index is -0.128. The maximum absolute atomic E-state index is 13.2. The SMILES string of the molecule is Cc1cc(CN2CCCC2CCCO)ccc1F. The molecule has 100 valence electrons. The summed E-state index contributed by atoms with van der Waals surface area (Å²) in [4.78, 5) is 2.46. The molecule has 0 aromatic heterocycles. The predicted molar refractivity (Wildman–Crippen MR) is 70.9 cm³/mol. The van der Waals surface area contributed by atoms with Crippen molar-refractivity contribution in [1.29, 1.82) is 0 Å². The van der Waals surface area contributed by atoms with Gasteiger partial charge < -0.3 is 5.11 Å². The van der Waals surface area contributed by atoms with E-state index in [-0.39, 0.29) is 12.4 Å². The molecule has 1 aromatic carbocycles. The summed E-state index contributed by atoms with van der Waals surface area (Å²) in [5.74, 6) is -0.128. The number of halogens is 1. The van der Waals surface area contributed by atoms with Crippen LogP contribution in [0.1, 0.15) is 36.8 Å². The Morgan fingerprint density at radius 1 is 1.44 bits per heavy atom. The number of aryl methyl sites for hydroxylation is 1. The lowest BCUT2D eigenvalue weighted by Gasteiger charge is -2.24. The quantitative estimate of drug-likeness (QED) is 0.870. The number of hydrogen-bond donors (Lipinski definition) is 1. The molecule has 1 fully saturated rings. The summed E-state index contributed by atoms with van der Waals surface area (Å²) in [6.45, 7) is 4.11. The molecular formula is C15H22FNO. The van der Waals surface area contributed by atoms with Crippen LogP contribution in [-0.4, -0.2) is 29.2 Å². The van der Waals surface area contributed by atoms with Crippen LogP contribution in [0.2, 0.25) is 0 Å². The van der Waals surface area contributed by atoms with Gasteiger partial charge in [0.2, 0.25) is 0 Å². The van der Waals surface area contributed by atoms with Gasteiger partial charge in [0.15, 0.2) is 0 Å². The second-order valence-corrected chi connectivity index (χ2v) is 5.22.